The van der Waals surface area contributed by atoms with Gasteiger partial charge < -0.3 is 0 Å². The van der Waals surface area contributed by atoms with Crippen molar-refractivity contribution >= 4 is 11.6 Å². The third-order valence-electron chi connectivity index (χ3n) is 3.61. The Balaban J connectivity index is 2.14. The highest BCUT2D eigenvalue weighted by Gasteiger charge is 2.29. The van der Waals surface area contributed by atoms with Gasteiger partial charge in [0.25, 0.3) is 0 Å². The smallest absolute Gasteiger partial charge is 0.129 e. The minimum absolute atomic E-state index is 0.274. The van der Waals surface area contributed by atoms with Crippen molar-refractivity contribution in [3.05, 3.63) is 71.2 Å². The van der Waals surface area contributed by atoms with Crippen LogP contribution < -0.4 is 0 Å². The van der Waals surface area contributed by atoms with E-state index in [-0.39, 0.29) is 5.83 Å². The molecule has 0 aromatic heterocycles. The maximum absolute atomic E-state index is 14.0. The molecule has 0 spiro atoms. The zero-order valence-corrected chi connectivity index (χ0v) is 10.9. The first-order valence-corrected chi connectivity index (χ1v) is 6.73. The molecule has 0 bridgehead atoms. The molecule has 3 rings (SSSR count). The second kappa shape index (κ2) is 4.93. The lowest BCUT2D eigenvalue weighted by Gasteiger charge is -2.26. The lowest BCUT2D eigenvalue weighted by Crippen LogP contribution is -2.20. The van der Waals surface area contributed by atoms with Gasteiger partial charge in [0.15, 0.2) is 0 Å². The van der Waals surface area contributed by atoms with Crippen molar-refractivity contribution in [2.24, 2.45) is 5.92 Å². The molecule has 3 atom stereocenters. The van der Waals surface area contributed by atoms with Gasteiger partial charge in [-0.25, -0.2) is 8.78 Å². The Labute approximate surface area is 116 Å². The molecule has 19 heavy (non-hydrogen) atoms. The van der Waals surface area contributed by atoms with Crippen LogP contribution in [-0.2, 0) is 0 Å². The van der Waals surface area contributed by atoms with Crippen LogP contribution in [0.1, 0.15) is 6.42 Å². The van der Waals surface area contributed by atoms with Gasteiger partial charge in [-0.2, -0.15) is 0 Å². The molecule has 0 fully saturated rings. The van der Waals surface area contributed by atoms with Gasteiger partial charge in [-0.05, 0) is 22.8 Å². The second-order valence-electron chi connectivity index (χ2n) is 4.85. The maximum atomic E-state index is 14.0. The van der Waals surface area contributed by atoms with Crippen LogP contribution in [0.15, 0.2) is 71.2 Å². The van der Waals surface area contributed by atoms with Crippen LogP contribution in [0.25, 0.3) is 0 Å². The molecule has 0 heterocycles. The van der Waals surface area contributed by atoms with Crippen LogP contribution in [0.5, 0.6) is 0 Å². The van der Waals surface area contributed by atoms with E-state index in [0.29, 0.717) is 12.0 Å². The highest BCUT2D eigenvalue weighted by atomic mass is 35.5. The number of hydrogen-bond acceptors (Lipinski definition) is 0. The van der Waals surface area contributed by atoms with Crippen molar-refractivity contribution in [3.63, 3.8) is 0 Å². The quantitative estimate of drug-likeness (QED) is 0.562. The van der Waals surface area contributed by atoms with E-state index in [0.717, 1.165) is 11.1 Å². The molecule has 0 radical (unpaired) electrons. The average molecular weight is 279 g/mol. The van der Waals surface area contributed by atoms with Gasteiger partial charge in [0, 0.05) is 6.42 Å². The van der Waals surface area contributed by atoms with Gasteiger partial charge in [-0.3, -0.25) is 0 Å². The number of rotatable bonds is 0. The third-order valence-corrected chi connectivity index (χ3v) is 4.01. The molecule has 98 valence electrons. The van der Waals surface area contributed by atoms with Crippen LogP contribution >= 0.6 is 11.6 Å². The van der Waals surface area contributed by atoms with Crippen molar-refractivity contribution in [1.29, 1.82) is 0 Å². The molecule has 3 aliphatic rings. The summed E-state index contributed by atoms with van der Waals surface area (Å²) in [5, 5.41) is -0.463. The molecule has 0 saturated heterocycles. The zero-order valence-electron chi connectivity index (χ0n) is 10.2. The number of halogens is 3. The van der Waals surface area contributed by atoms with E-state index in [1.165, 1.54) is 6.08 Å². The largest absolute Gasteiger partial charge is 0.242 e. The van der Waals surface area contributed by atoms with E-state index in [2.05, 4.69) is 0 Å². The Hall–Kier alpha value is -1.41. The highest BCUT2D eigenvalue weighted by molar-refractivity contribution is 6.22. The lowest BCUT2D eigenvalue weighted by atomic mass is 9.83. The highest BCUT2D eigenvalue weighted by Crippen LogP contribution is 2.37. The topological polar surface area (TPSA) is 0 Å². The summed E-state index contributed by atoms with van der Waals surface area (Å²) in [7, 11) is 0. The van der Waals surface area contributed by atoms with Crippen molar-refractivity contribution in [1.82, 2.24) is 0 Å². The summed E-state index contributed by atoms with van der Waals surface area (Å²) in [5.74, 6) is -0.792. The van der Waals surface area contributed by atoms with Crippen molar-refractivity contribution in [2.75, 3.05) is 0 Å². The monoisotopic (exact) mass is 278 g/mol. The molecule has 0 N–H and O–H groups in total. The van der Waals surface area contributed by atoms with Crippen LogP contribution in [0.2, 0.25) is 0 Å². The first-order valence-electron chi connectivity index (χ1n) is 6.29. The third kappa shape index (κ3) is 2.25. The molecular formula is C16H13ClF2. The second-order valence-corrected chi connectivity index (χ2v) is 5.36. The number of alkyl halides is 2. The summed E-state index contributed by atoms with van der Waals surface area (Å²) in [6.07, 6.45) is 13.2. The molecule has 3 aliphatic carbocycles. The van der Waals surface area contributed by atoms with E-state index in [4.69, 9.17) is 11.6 Å². The summed E-state index contributed by atoms with van der Waals surface area (Å²) in [4.78, 5) is 0. The molecule has 0 nitrogen and oxygen atoms in total. The fraction of sp³-hybridized carbons (Fsp3) is 0.250. The van der Waals surface area contributed by atoms with E-state index < -0.39 is 17.5 Å². The Bertz CT molecular complexity index is 576. The minimum Gasteiger partial charge on any atom is -0.242 e. The van der Waals surface area contributed by atoms with Gasteiger partial charge >= 0.3 is 0 Å². The molecule has 0 saturated carbocycles. The van der Waals surface area contributed by atoms with Crippen LogP contribution in [-0.4, -0.2) is 11.5 Å². The molecular weight excluding hydrogens is 266 g/mol. The van der Waals surface area contributed by atoms with Crippen LogP contribution in [0.4, 0.5) is 8.78 Å². The van der Waals surface area contributed by atoms with E-state index >= 15 is 0 Å². The SMILES string of the molecule is FC1=CC=CC2=CC3=C(C=CCC3F)C=CC(Cl)C12. The first kappa shape index (κ1) is 12.6. The van der Waals surface area contributed by atoms with Gasteiger partial charge in [-0.15, -0.1) is 11.6 Å². The van der Waals surface area contributed by atoms with E-state index in [1.54, 1.807) is 30.4 Å². The Morgan fingerprint density at radius 1 is 1.21 bits per heavy atom. The predicted molar refractivity (Wildman–Crippen MR) is 74.4 cm³/mol. The molecule has 3 heteroatoms. The van der Waals surface area contributed by atoms with Gasteiger partial charge in [-0.1, -0.05) is 42.5 Å². The summed E-state index contributed by atoms with van der Waals surface area (Å²) in [6, 6.07) is 0. The van der Waals surface area contributed by atoms with Crippen LogP contribution in [0, 0.1) is 5.92 Å². The fourth-order valence-electron chi connectivity index (χ4n) is 2.62. The number of allylic oxidation sites excluding steroid dienone is 12. The van der Waals surface area contributed by atoms with Crippen LogP contribution in [0.3, 0.4) is 0 Å². The van der Waals surface area contributed by atoms with Crippen molar-refractivity contribution < 1.29 is 8.78 Å². The van der Waals surface area contributed by atoms with Gasteiger partial charge in [0.05, 0.1) is 11.3 Å². The maximum Gasteiger partial charge on any atom is 0.129 e. The normalized spacial score (nSPS) is 33.1. The lowest BCUT2D eigenvalue weighted by molar-refractivity contribution is 0.386. The molecule has 0 aromatic rings. The number of hydrogen-bond donors (Lipinski definition) is 0. The van der Waals surface area contributed by atoms with Gasteiger partial charge in [0.1, 0.15) is 12.0 Å². The summed E-state index contributed by atoms with van der Waals surface area (Å²) in [5.41, 5.74) is 2.16. The molecule has 0 amide bonds. The standard InChI is InChI=1S/C16H13ClF2/c17-13-8-7-10-3-1-5-14(18)12(10)9-11-4-2-6-15(19)16(11)13/h1-4,6-9,13-14,16H,5H2. The van der Waals surface area contributed by atoms with Crippen molar-refractivity contribution in [3.8, 4) is 0 Å². The molecule has 0 aromatic carbocycles. The average Bonchev–Trinajstić information content (AvgIpc) is 2.37. The molecule has 0 aliphatic heterocycles. The summed E-state index contributed by atoms with van der Waals surface area (Å²) in [6.45, 7) is 0. The predicted octanol–water partition coefficient (Wildman–Crippen LogP) is 4.72. The van der Waals surface area contributed by atoms with Crippen molar-refractivity contribution in [2.45, 2.75) is 18.0 Å². The van der Waals surface area contributed by atoms with E-state index in [1.807, 2.05) is 12.2 Å². The zero-order chi connectivity index (χ0) is 13.4. The minimum atomic E-state index is -1.04. The summed E-state index contributed by atoms with van der Waals surface area (Å²) < 4.78 is 28.0. The Morgan fingerprint density at radius 2 is 2.05 bits per heavy atom. The number of fused-ring (bicyclic) bond motifs is 1. The van der Waals surface area contributed by atoms with Gasteiger partial charge in [0.2, 0.25) is 0 Å². The Morgan fingerprint density at radius 3 is 2.89 bits per heavy atom. The fourth-order valence-corrected chi connectivity index (χ4v) is 2.96. The first-order chi connectivity index (χ1) is 9.16. The Kier molecular flexibility index (Phi) is 3.28. The summed E-state index contributed by atoms with van der Waals surface area (Å²) >= 11 is 6.25. The van der Waals surface area contributed by atoms with E-state index in [9.17, 15) is 8.78 Å². The molecule has 3 unspecified atom stereocenters.